The number of benzene rings is 1. The Morgan fingerprint density at radius 1 is 1.12 bits per heavy atom. The Kier molecular flexibility index (Phi) is 3.39. The molecule has 2 rings (SSSR count). The molecule has 0 atom stereocenters. The molecule has 1 heterocycles. The van der Waals surface area contributed by atoms with Gasteiger partial charge in [-0.2, -0.15) is 0 Å². The van der Waals surface area contributed by atoms with Gasteiger partial charge in [0.15, 0.2) is 0 Å². The van der Waals surface area contributed by atoms with E-state index in [0.717, 1.165) is 18.2 Å². The van der Waals surface area contributed by atoms with E-state index in [1.165, 1.54) is 0 Å². The Labute approximate surface area is 96.7 Å². The molecule has 0 spiro atoms. The third-order valence-corrected chi connectivity index (χ3v) is 2.25. The lowest BCUT2D eigenvalue weighted by Crippen LogP contribution is -2.00. The highest BCUT2D eigenvalue weighted by Gasteiger charge is 2.05. The van der Waals surface area contributed by atoms with Crippen LogP contribution in [0, 0.1) is 11.6 Å². The molecule has 0 aliphatic heterocycles. The lowest BCUT2D eigenvalue weighted by molar-refractivity contribution is 0.244. The van der Waals surface area contributed by atoms with Crippen LogP contribution in [-0.2, 0) is 13.2 Å². The molecule has 0 amide bonds. The van der Waals surface area contributed by atoms with Crippen LogP contribution in [0.1, 0.15) is 11.5 Å². The summed E-state index contributed by atoms with van der Waals surface area (Å²) in [7, 11) is 0. The van der Waals surface area contributed by atoms with Crippen molar-refractivity contribution in [1.29, 1.82) is 0 Å². The van der Waals surface area contributed by atoms with Crippen molar-refractivity contribution >= 4 is 5.69 Å². The van der Waals surface area contributed by atoms with E-state index in [1.807, 2.05) is 0 Å². The zero-order chi connectivity index (χ0) is 12.3. The summed E-state index contributed by atoms with van der Waals surface area (Å²) in [5.41, 5.74) is 0.0759. The van der Waals surface area contributed by atoms with Crippen molar-refractivity contribution < 1.29 is 18.3 Å². The zero-order valence-corrected chi connectivity index (χ0v) is 8.91. The Bertz CT molecular complexity index is 511. The fourth-order valence-electron chi connectivity index (χ4n) is 1.42. The number of aliphatic hydroxyl groups excluding tert-OH is 1. The topological polar surface area (TPSA) is 45.4 Å². The molecule has 17 heavy (non-hydrogen) atoms. The number of hydrogen-bond donors (Lipinski definition) is 2. The monoisotopic (exact) mass is 239 g/mol. The van der Waals surface area contributed by atoms with Gasteiger partial charge < -0.3 is 14.8 Å². The molecule has 0 aliphatic carbocycles. The number of hydrogen-bond acceptors (Lipinski definition) is 3. The van der Waals surface area contributed by atoms with Crippen molar-refractivity contribution in [3.63, 3.8) is 0 Å². The Morgan fingerprint density at radius 2 is 1.88 bits per heavy atom. The van der Waals surface area contributed by atoms with Crippen LogP contribution in [0.3, 0.4) is 0 Å². The third-order valence-electron chi connectivity index (χ3n) is 2.25. The lowest BCUT2D eigenvalue weighted by atomic mass is 10.3. The molecule has 5 heteroatoms. The summed E-state index contributed by atoms with van der Waals surface area (Å²) in [5, 5.41) is 11.5. The maximum absolute atomic E-state index is 13.2. The third kappa shape index (κ3) is 2.82. The molecule has 0 radical (unpaired) electrons. The number of rotatable bonds is 4. The highest BCUT2D eigenvalue weighted by molar-refractivity contribution is 5.44. The van der Waals surface area contributed by atoms with Crippen LogP contribution in [0.15, 0.2) is 34.7 Å². The second kappa shape index (κ2) is 4.97. The minimum absolute atomic E-state index is 0.0759. The number of halogens is 2. The van der Waals surface area contributed by atoms with Gasteiger partial charge in [0.2, 0.25) is 0 Å². The quantitative estimate of drug-likeness (QED) is 0.862. The lowest BCUT2D eigenvalue weighted by Gasteiger charge is -2.05. The maximum atomic E-state index is 13.2. The van der Waals surface area contributed by atoms with E-state index < -0.39 is 11.6 Å². The van der Waals surface area contributed by atoms with Crippen LogP contribution in [0.4, 0.5) is 14.5 Å². The van der Waals surface area contributed by atoms with E-state index >= 15 is 0 Å². The summed E-state index contributed by atoms with van der Waals surface area (Å²) in [6.45, 7) is 0.0364. The molecule has 2 N–H and O–H groups in total. The van der Waals surface area contributed by atoms with Crippen LogP contribution < -0.4 is 5.32 Å². The average molecular weight is 239 g/mol. The minimum Gasteiger partial charge on any atom is -0.462 e. The van der Waals surface area contributed by atoms with Gasteiger partial charge in [-0.05, 0) is 30.3 Å². The Hall–Kier alpha value is -1.88. The SMILES string of the molecule is OCc1ccc(CNc2cc(F)ccc2F)o1. The first kappa shape index (κ1) is 11.6. The predicted octanol–water partition coefficient (Wildman–Crippen LogP) is 2.66. The maximum Gasteiger partial charge on any atom is 0.146 e. The number of nitrogens with one attached hydrogen (secondary N) is 1. The van der Waals surface area contributed by atoms with Crippen LogP contribution in [0.2, 0.25) is 0 Å². The normalized spacial score (nSPS) is 10.5. The minimum atomic E-state index is -0.527. The summed E-state index contributed by atoms with van der Waals surface area (Å²) >= 11 is 0. The van der Waals surface area contributed by atoms with Gasteiger partial charge in [-0.15, -0.1) is 0 Å². The summed E-state index contributed by atoms with van der Waals surface area (Å²) in [4.78, 5) is 0. The van der Waals surface area contributed by atoms with E-state index in [1.54, 1.807) is 12.1 Å². The van der Waals surface area contributed by atoms with Gasteiger partial charge in [-0.25, -0.2) is 8.78 Å². The van der Waals surface area contributed by atoms with Gasteiger partial charge in [0.25, 0.3) is 0 Å². The van der Waals surface area contributed by atoms with Gasteiger partial charge in [0, 0.05) is 0 Å². The average Bonchev–Trinajstić information content (AvgIpc) is 2.78. The van der Waals surface area contributed by atoms with E-state index in [2.05, 4.69) is 5.32 Å². The van der Waals surface area contributed by atoms with Gasteiger partial charge in [0.1, 0.15) is 29.8 Å². The van der Waals surface area contributed by atoms with E-state index in [4.69, 9.17) is 9.52 Å². The molecular formula is C12H11F2NO2. The van der Waals surface area contributed by atoms with E-state index in [-0.39, 0.29) is 18.8 Å². The molecule has 0 unspecified atom stereocenters. The first-order valence-corrected chi connectivity index (χ1v) is 5.06. The molecular weight excluding hydrogens is 228 g/mol. The number of anilines is 1. The second-order valence-electron chi connectivity index (χ2n) is 3.50. The van der Waals surface area contributed by atoms with Crippen molar-refractivity contribution in [1.82, 2.24) is 0 Å². The van der Waals surface area contributed by atoms with E-state index in [0.29, 0.717) is 11.5 Å². The molecule has 2 aromatic rings. The van der Waals surface area contributed by atoms with Gasteiger partial charge in [-0.1, -0.05) is 0 Å². The molecule has 90 valence electrons. The molecule has 0 bridgehead atoms. The molecule has 0 saturated heterocycles. The largest absolute Gasteiger partial charge is 0.462 e. The van der Waals surface area contributed by atoms with Crippen LogP contribution >= 0.6 is 0 Å². The fraction of sp³-hybridized carbons (Fsp3) is 0.167. The first-order valence-electron chi connectivity index (χ1n) is 5.06. The van der Waals surface area contributed by atoms with Gasteiger partial charge >= 0.3 is 0 Å². The zero-order valence-electron chi connectivity index (χ0n) is 8.91. The highest BCUT2D eigenvalue weighted by Crippen LogP contribution is 2.17. The number of aliphatic hydroxyl groups is 1. The summed E-state index contributed by atoms with van der Waals surface area (Å²) in [6, 6.07) is 6.47. The van der Waals surface area contributed by atoms with Gasteiger partial charge in [0.05, 0.1) is 12.2 Å². The Balaban J connectivity index is 2.04. The van der Waals surface area contributed by atoms with Gasteiger partial charge in [-0.3, -0.25) is 0 Å². The van der Waals surface area contributed by atoms with Crippen molar-refractivity contribution in [3.05, 3.63) is 53.5 Å². The predicted molar refractivity (Wildman–Crippen MR) is 58.3 cm³/mol. The van der Waals surface area contributed by atoms with Crippen LogP contribution in [-0.4, -0.2) is 5.11 Å². The first-order chi connectivity index (χ1) is 8.19. The molecule has 0 saturated carbocycles. The van der Waals surface area contributed by atoms with Crippen LogP contribution in [0.25, 0.3) is 0 Å². The van der Waals surface area contributed by atoms with Crippen molar-refractivity contribution in [2.24, 2.45) is 0 Å². The Morgan fingerprint density at radius 3 is 2.59 bits per heavy atom. The van der Waals surface area contributed by atoms with Crippen molar-refractivity contribution in [2.75, 3.05) is 5.32 Å². The van der Waals surface area contributed by atoms with Crippen molar-refractivity contribution in [2.45, 2.75) is 13.2 Å². The van der Waals surface area contributed by atoms with E-state index in [9.17, 15) is 8.78 Å². The molecule has 0 fully saturated rings. The van der Waals surface area contributed by atoms with Crippen LogP contribution in [0.5, 0.6) is 0 Å². The summed E-state index contributed by atoms with van der Waals surface area (Å²) in [5.74, 6) is -0.0658. The standard InChI is InChI=1S/C12H11F2NO2/c13-8-1-4-11(14)12(5-8)15-6-9-2-3-10(7-16)17-9/h1-5,15-16H,6-7H2. The molecule has 1 aromatic heterocycles. The molecule has 0 aliphatic rings. The molecule has 1 aromatic carbocycles. The van der Waals surface area contributed by atoms with Crippen molar-refractivity contribution in [3.8, 4) is 0 Å². The second-order valence-corrected chi connectivity index (χ2v) is 3.50. The smallest absolute Gasteiger partial charge is 0.146 e. The fourth-order valence-corrected chi connectivity index (χ4v) is 1.42. The summed E-state index contributed by atoms with van der Waals surface area (Å²) < 4.78 is 31.3. The highest BCUT2D eigenvalue weighted by atomic mass is 19.1. The summed E-state index contributed by atoms with van der Waals surface area (Å²) in [6.07, 6.45) is 0. The number of furan rings is 1. The molecule has 3 nitrogen and oxygen atoms in total.